The van der Waals surface area contributed by atoms with Crippen molar-refractivity contribution in [1.29, 1.82) is 0 Å². The van der Waals surface area contributed by atoms with Gasteiger partial charge in [0.25, 0.3) is 0 Å². The largest absolute Gasteiger partial charge is 0.606 e. The van der Waals surface area contributed by atoms with Crippen LogP contribution in [0.2, 0.25) is 0 Å². The fourth-order valence-electron chi connectivity index (χ4n) is 2.54. The summed E-state index contributed by atoms with van der Waals surface area (Å²) in [5, 5.41) is 0. The van der Waals surface area contributed by atoms with Gasteiger partial charge in [0.15, 0.2) is 23.3 Å². The van der Waals surface area contributed by atoms with Gasteiger partial charge in [0.2, 0.25) is 9.79 Å². The molecule has 3 aromatic rings. The lowest BCUT2D eigenvalue weighted by molar-refractivity contribution is 0.500. The lowest BCUT2D eigenvalue weighted by Crippen LogP contribution is -2.12. The molecule has 0 aliphatic rings. The standard InChI is InChI=1S/C19H12F4OS2/c1-25-16-8-3-2-5-11(16)12-9-10-15(22)19(17(12)23)26(24)18-13(20)6-4-7-14(18)21/h2-10H,1H3. The van der Waals surface area contributed by atoms with Crippen molar-refractivity contribution in [2.24, 2.45) is 0 Å². The first-order chi connectivity index (χ1) is 12.5. The summed E-state index contributed by atoms with van der Waals surface area (Å²) in [5.41, 5.74) is 0.487. The third-order valence-electron chi connectivity index (χ3n) is 3.74. The summed E-state index contributed by atoms with van der Waals surface area (Å²) in [4.78, 5) is -1.02. The van der Waals surface area contributed by atoms with Crippen LogP contribution < -0.4 is 0 Å². The minimum absolute atomic E-state index is 0.0106. The van der Waals surface area contributed by atoms with Crippen molar-refractivity contribution in [1.82, 2.24) is 0 Å². The van der Waals surface area contributed by atoms with Gasteiger partial charge in [-0.25, -0.2) is 17.6 Å². The first-order valence-corrected chi connectivity index (χ1v) is 9.80. The third kappa shape index (κ3) is 3.34. The second-order valence-electron chi connectivity index (χ2n) is 5.26. The highest BCUT2D eigenvalue weighted by molar-refractivity contribution is 7.98. The SMILES string of the molecule is CSc1ccccc1-c1ccc(F)c([S+]([O-])c2c(F)cccc2F)c1F. The highest BCUT2D eigenvalue weighted by Gasteiger charge is 2.32. The van der Waals surface area contributed by atoms with Crippen LogP contribution in [0.1, 0.15) is 0 Å². The van der Waals surface area contributed by atoms with E-state index in [-0.39, 0.29) is 5.56 Å². The van der Waals surface area contributed by atoms with Gasteiger partial charge in [0, 0.05) is 21.6 Å². The monoisotopic (exact) mass is 396 g/mol. The van der Waals surface area contributed by atoms with Gasteiger partial charge in [-0.05, 0) is 42.2 Å². The van der Waals surface area contributed by atoms with Crippen LogP contribution in [-0.4, -0.2) is 10.8 Å². The predicted octanol–water partition coefficient (Wildman–Crippen LogP) is 5.80. The van der Waals surface area contributed by atoms with Crippen molar-refractivity contribution in [2.45, 2.75) is 14.7 Å². The normalized spacial score (nSPS) is 12.2. The van der Waals surface area contributed by atoms with E-state index in [4.69, 9.17) is 0 Å². The fourth-order valence-corrected chi connectivity index (χ4v) is 4.36. The number of thioether (sulfide) groups is 1. The second kappa shape index (κ2) is 7.73. The van der Waals surface area contributed by atoms with E-state index in [1.54, 1.807) is 30.5 Å². The van der Waals surface area contributed by atoms with Gasteiger partial charge in [0.05, 0.1) is 0 Å². The lowest BCUT2D eigenvalue weighted by Gasteiger charge is -2.15. The molecule has 3 aromatic carbocycles. The molecule has 0 spiro atoms. The van der Waals surface area contributed by atoms with Crippen LogP contribution in [0.3, 0.4) is 0 Å². The minimum Gasteiger partial charge on any atom is -0.606 e. The Morgan fingerprint density at radius 3 is 2.00 bits per heavy atom. The van der Waals surface area contributed by atoms with Gasteiger partial charge in [-0.2, -0.15) is 0 Å². The summed E-state index contributed by atoms with van der Waals surface area (Å²) >= 11 is -1.33. The van der Waals surface area contributed by atoms with E-state index in [2.05, 4.69) is 0 Å². The third-order valence-corrected chi connectivity index (χ3v) is 6.04. The topological polar surface area (TPSA) is 23.1 Å². The van der Waals surface area contributed by atoms with E-state index in [1.165, 1.54) is 17.8 Å². The summed E-state index contributed by atoms with van der Waals surface area (Å²) in [5.74, 6) is -4.49. The molecule has 0 aliphatic carbocycles. The molecule has 0 aromatic heterocycles. The van der Waals surface area contributed by atoms with Gasteiger partial charge in [-0.15, -0.1) is 11.8 Å². The fraction of sp³-hybridized carbons (Fsp3) is 0.0526. The molecule has 7 heteroatoms. The summed E-state index contributed by atoms with van der Waals surface area (Å²) in [6.45, 7) is 0. The molecule has 0 heterocycles. The summed E-state index contributed by atoms with van der Waals surface area (Å²) in [6.07, 6.45) is 1.80. The molecule has 0 amide bonds. The molecule has 0 fully saturated rings. The molecule has 134 valence electrons. The number of halogens is 4. The zero-order valence-electron chi connectivity index (χ0n) is 13.4. The molecule has 1 atom stereocenters. The van der Waals surface area contributed by atoms with Crippen LogP contribution in [-0.2, 0) is 11.2 Å². The van der Waals surface area contributed by atoms with Crippen LogP contribution in [0.5, 0.6) is 0 Å². The highest BCUT2D eigenvalue weighted by atomic mass is 32.2. The molecule has 0 saturated carbocycles. The zero-order chi connectivity index (χ0) is 18.8. The second-order valence-corrected chi connectivity index (χ2v) is 7.46. The minimum atomic E-state index is -2.69. The molecule has 0 radical (unpaired) electrons. The summed E-state index contributed by atoms with van der Waals surface area (Å²) < 4.78 is 69.7. The summed E-state index contributed by atoms with van der Waals surface area (Å²) in [7, 11) is 0. The van der Waals surface area contributed by atoms with Crippen molar-refractivity contribution in [2.75, 3.05) is 6.26 Å². The van der Waals surface area contributed by atoms with Gasteiger partial charge in [0.1, 0.15) is 0 Å². The smallest absolute Gasteiger partial charge is 0.230 e. The molecular weight excluding hydrogens is 384 g/mol. The zero-order valence-corrected chi connectivity index (χ0v) is 15.1. The Kier molecular flexibility index (Phi) is 5.60. The highest BCUT2D eigenvalue weighted by Crippen LogP contribution is 2.37. The Bertz CT molecular complexity index is 942. The van der Waals surface area contributed by atoms with Crippen molar-refractivity contribution in [3.63, 3.8) is 0 Å². The van der Waals surface area contributed by atoms with E-state index < -0.39 is 44.2 Å². The maximum absolute atomic E-state index is 15.0. The van der Waals surface area contributed by atoms with Crippen LogP contribution >= 0.6 is 11.8 Å². The van der Waals surface area contributed by atoms with Crippen LogP contribution in [0.4, 0.5) is 17.6 Å². The number of rotatable bonds is 4. The average molecular weight is 396 g/mol. The molecule has 0 N–H and O–H groups in total. The van der Waals surface area contributed by atoms with Gasteiger partial charge >= 0.3 is 0 Å². The van der Waals surface area contributed by atoms with E-state index in [9.17, 15) is 17.7 Å². The van der Waals surface area contributed by atoms with Gasteiger partial charge < -0.3 is 4.55 Å². The first kappa shape index (κ1) is 18.8. The van der Waals surface area contributed by atoms with Gasteiger partial charge in [-0.3, -0.25) is 0 Å². The predicted molar refractivity (Wildman–Crippen MR) is 94.6 cm³/mol. The Morgan fingerprint density at radius 1 is 0.731 bits per heavy atom. The number of benzene rings is 3. The van der Waals surface area contributed by atoms with Crippen LogP contribution in [0, 0.1) is 23.3 Å². The number of hydrogen-bond acceptors (Lipinski definition) is 2. The Labute approximate surface area is 155 Å². The van der Waals surface area contributed by atoms with Gasteiger partial charge in [-0.1, -0.05) is 24.3 Å². The molecule has 26 heavy (non-hydrogen) atoms. The van der Waals surface area contributed by atoms with E-state index in [0.29, 0.717) is 5.56 Å². The molecule has 0 saturated heterocycles. The molecule has 1 nitrogen and oxygen atoms in total. The van der Waals surface area contributed by atoms with Crippen molar-refractivity contribution >= 4 is 22.9 Å². The lowest BCUT2D eigenvalue weighted by atomic mass is 10.1. The molecule has 1 unspecified atom stereocenters. The van der Waals surface area contributed by atoms with E-state index >= 15 is 4.39 Å². The van der Waals surface area contributed by atoms with Crippen LogP contribution in [0.25, 0.3) is 11.1 Å². The van der Waals surface area contributed by atoms with Crippen molar-refractivity contribution < 1.29 is 22.1 Å². The first-order valence-electron chi connectivity index (χ1n) is 7.43. The molecule has 3 rings (SSSR count). The van der Waals surface area contributed by atoms with Crippen LogP contribution in [0.15, 0.2) is 69.3 Å². The van der Waals surface area contributed by atoms with Crippen molar-refractivity contribution in [3.05, 3.63) is 77.9 Å². The average Bonchev–Trinajstić information content (AvgIpc) is 2.62. The Hall–Kier alpha value is -1.96. The summed E-state index contributed by atoms with van der Waals surface area (Å²) in [6, 6.07) is 11.9. The maximum Gasteiger partial charge on any atom is 0.230 e. The van der Waals surface area contributed by atoms with E-state index in [1.807, 2.05) is 0 Å². The van der Waals surface area contributed by atoms with Crippen molar-refractivity contribution in [3.8, 4) is 11.1 Å². The number of hydrogen-bond donors (Lipinski definition) is 0. The maximum atomic E-state index is 15.0. The Balaban J connectivity index is 2.20. The molecular formula is C19H12F4OS2. The van der Waals surface area contributed by atoms with E-state index in [0.717, 1.165) is 29.2 Å². The molecule has 0 aliphatic heterocycles. The quantitative estimate of drug-likeness (QED) is 0.316. The molecule has 0 bridgehead atoms. The Morgan fingerprint density at radius 2 is 1.35 bits per heavy atom.